The minimum absolute atomic E-state index is 0.642. The van der Waals surface area contributed by atoms with Gasteiger partial charge in [0.05, 0.1) is 5.03 Å². The van der Waals surface area contributed by atoms with Gasteiger partial charge in [0.15, 0.2) is 0 Å². The normalized spacial score (nSPS) is 12.9. The molecule has 1 aromatic heterocycles. The molecule has 0 saturated heterocycles. The maximum absolute atomic E-state index is 3.54. The molecule has 2 N–H and O–H groups in total. The van der Waals surface area contributed by atoms with Crippen LogP contribution in [-0.2, 0) is 0 Å². The Kier molecular flexibility index (Phi) is 5.80. The van der Waals surface area contributed by atoms with E-state index < -0.39 is 0 Å². The van der Waals surface area contributed by atoms with Crippen LogP contribution < -0.4 is 5.32 Å². The standard InChI is InChI=1S/C16H24N2S/c1-3-10-17-13(2)7-6-11-19-16-12-14-8-4-5-9-15(14)18-16/h4-5,8-9,12-13,17-18H,3,6-7,10-11H2,1-2H3. The highest BCUT2D eigenvalue weighted by Crippen LogP contribution is 2.23. The van der Waals surface area contributed by atoms with Crippen molar-refractivity contribution in [2.45, 2.75) is 44.2 Å². The molecule has 3 heteroatoms. The molecular formula is C16H24N2S. The summed E-state index contributed by atoms with van der Waals surface area (Å²) in [6.07, 6.45) is 3.74. The van der Waals surface area contributed by atoms with Gasteiger partial charge in [-0.1, -0.05) is 25.1 Å². The highest BCUT2D eigenvalue weighted by molar-refractivity contribution is 7.99. The van der Waals surface area contributed by atoms with Crippen LogP contribution in [-0.4, -0.2) is 23.3 Å². The van der Waals surface area contributed by atoms with Crippen LogP contribution in [0.4, 0.5) is 0 Å². The van der Waals surface area contributed by atoms with Gasteiger partial charge >= 0.3 is 0 Å². The third-order valence-corrected chi connectivity index (χ3v) is 4.31. The number of aromatic nitrogens is 1. The molecule has 0 saturated carbocycles. The molecule has 0 radical (unpaired) electrons. The van der Waals surface area contributed by atoms with E-state index in [0.717, 1.165) is 6.54 Å². The van der Waals surface area contributed by atoms with Crippen LogP contribution in [0.15, 0.2) is 35.4 Å². The van der Waals surface area contributed by atoms with Gasteiger partial charge in [0, 0.05) is 16.9 Å². The van der Waals surface area contributed by atoms with Crippen LogP contribution in [0.2, 0.25) is 0 Å². The molecule has 0 aliphatic rings. The van der Waals surface area contributed by atoms with Gasteiger partial charge in [0.2, 0.25) is 0 Å². The fourth-order valence-corrected chi connectivity index (χ4v) is 3.11. The SMILES string of the molecule is CCCNC(C)CCCSc1cc2ccccc2[nH]1. The summed E-state index contributed by atoms with van der Waals surface area (Å²) >= 11 is 1.93. The lowest BCUT2D eigenvalue weighted by Crippen LogP contribution is -2.26. The largest absolute Gasteiger partial charge is 0.350 e. The van der Waals surface area contributed by atoms with Crippen LogP contribution in [0.1, 0.15) is 33.1 Å². The van der Waals surface area contributed by atoms with E-state index in [2.05, 4.69) is 54.5 Å². The predicted molar refractivity (Wildman–Crippen MR) is 86.0 cm³/mol. The van der Waals surface area contributed by atoms with Crippen molar-refractivity contribution >= 4 is 22.7 Å². The second-order valence-corrected chi connectivity index (χ2v) is 6.20. The van der Waals surface area contributed by atoms with E-state index in [1.807, 2.05) is 11.8 Å². The first-order valence-electron chi connectivity index (χ1n) is 7.23. The molecule has 1 unspecified atom stereocenters. The molecule has 0 fully saturated rings. The Labute approximate surface area is 120 Å². The molecule has 2 aromatic rings. The van der Waals surface area contributed by atoms with E-state index in [1.54, 1.807) is 0 Å². The lowest BCUT2D eigenvalue weighted by Gasteiger charge is -2.12. The van der Waals surface area contributed by atoms with E-state index in [4.69, 9.17) is 0 Å². The topological polar surface area (TPSA) is 27.8 Å². The van der Waals surface area contributed by atoms with Crippen molar-refractivity contribution in [2.75, 3.05) is 12.3 Å². The van der Waals surface area contributed by atoms with Crippen molar-refractivity contribution in [3.05, 3.63) is 30.3 Å². The number of aromatic amines is 1. The van der Waals surface area contributed by atoms with Crippen LogP contribution in [0, 0.1) is 0 Å². The first-order valence-corrected chi connectivity index (χ1v) is 8.22. The Morgan fingerprint density at radius 3 is 2.95 bits per heavy atom. The second kappa shape index (κ2) is 7.61. The van der Waals surface area contributed by atoms with E-state index in [9.17, 15) is 0 Å². The van der Waals surface area contributed by atoms with Crippen LogP contribution >= 0.6 is 11.8 Å². The molecule has 1 atom stereocenters. The Hall–Kier alpha value is -0.930. The van der Waals surface area contributed by atoms with Gasteiger partial charge in [-0.05, 0) is 50.6 Å². The lowest BCUT2D eigenvalue weighted by molar-refractivity contribution is 0.510. The van der Waals surface area contributed by atoms with Crippen molar-refractivity contribution < 1.29 is 0 Å². The monoisotopic (exact) mass is 276 g/mol. The quantitative estimate of drug-likeness (QED) is 0.551. The maximum atomic E-state index is 3.54. The van der Waals surface area contributed by atoms with E-state index in [1.165, 1.54) is 40.9 Å². The summed E-state index contributed by atoms with van der Waals surface area (Å²) in [5.41, 5.74) is 1.24. The third-order valence-electron chi connectivity index (χ3n) is 3.29. The molecule has 2 rings (SSSR count). The average Bonchev–Trinajstić information content (AvgIpc) is 2.84. The molecule has 0 bridgehead atoms. The number of rotatable bonds is 8. The number of fused-ring (bicyclic) bond motifs is 1. The number of benzene rings is 1. The highest BCUT2D eigenvalue weighted by atomic mass is 32.2. The molecule has 0 spiro atoms. The molecular weight excluding hydrogens is 252 g/mol. The zero-order valence-corrected chi connectivity index (χ0v) is 12.7. The number of nitrogens with one attached hydrogen (secondary N) is 2. The van der Waals surface area contributed by atoms with Crippen LogP contribution in [0.25, 0.3) is 10.9 Å². The summed E-state index contributed by atoms with van der Waals surface area (Å²) in [5, 5.41) is 6.13. The summed E-state index contributed by atoms with van der Waals surface area (Å²) in [6, 6.07) is 11.4. The van der Waals surface area contributed by atoms with E-state index in [-0.39, 0.29) is 0 Å². The molecule has 19 heavy (non-hydrogen) atoms. The first-order chi connectivity index (χ1) is 9.29. The summed E-state index contributed by atoms with van der Waals surface area (Å²) in [5.74, 6) is 1.19. The van der Waals surface area contributed by atoms with Gasteiger partial charge in [-0.15, -0.1) is 11.8 Å². The molecule has 1 heterocycles. The first kappa shape index (κ1) is 14.5. The van der Waals surface area contributed by atoms with Crippen molar-refractivity contribution in [3.8, 4) is 0 Å². The Bertz CT molecular complexity index is 459. The summed E-state index contributed by atoms with van der Waals surface area (Å²) in [7, 11) is 0. The van der Waals surface area contributed by atoms with Gasteiger partial charge in [0.1, 0.15) is 0 Å². The van der Waals surface area contributed by atoms with Crippen LogP contribution in [0.5, 0.6) is 0 Å². The molecule has 104 valence electrons. The van der Waals surface area contributed by atoms with Crippen molar-refractivity contribution in [3.63, 3.8) is 0 Å². The van der Waals surface area contributed by atoms with Crippen LogP contribution in [0.3, 0.4) is 0 Å². The zero-order chi connectivity index (χ0) is 13.5. The van der Waals surface area contributed by atoms with Gasteiger partial charge in [0.25, 0.3) is 0 Å². The highest BCUT2D eigenvalue weighted by Gasteiger charge is 2.02. The molecule has 0 amide bonds. The van der Waals surface area contributed by atoms with Gasteiger partial charge in [-0.2, -0.15) is 0 Å². The average molecular weight is 276 g/mol. The Balaban J connectivity index is 1.70. The smallest absolute Gasteiger partial charge is 0.0732 e. The van der Waals surface area contributed by atoms with Crippen molar-refractivity contribution in [2.24, 2.45) is 0 Å². The van der Waals surface area contributed by atoms with Crippen molar-refractivity contribution in [1.82, 2.24) is 10.3 Å². The number of hydrogen-bond acceptors (Lipinski definition) is 2. The van der Waals surface area contributed by atoms with Gasteiger partial charge < -0.3 is 10.3 Å². The van der Waals surface area contributed by atoms with Gasteiger partial charge in [-0.25, -0.2) is 0 Å². The third kappa shape index (κ3) is 4.59. The molecule has 2 nitrogen and oxygen atoms in total. The summed E-state index contributed by atoms with van der Waals surface area (Å²) in [6.45, 7) is 5.63. The van der Waals surface area contributed by atoms with E-state index >= 15 is 0 Å². The fraction of sp³-hybridized carbons (Fsp3) is 0.500. The van der Waals surface area contributed by atoms with Gasteiger partial charge in [-0.3, -0.25) is 0 Å². The Morgan fingerprint density at radius 1 is 1.32 bits per heavy atom. The summed E-state index contributed by atoms with van der Waals surface area (Å²) < 4.78 is 0. The molecule has 0 aliphatic heterocycles. The second-order valence-electron chi connectivity index (χ2n) is 5.07. The maximum Gasteiger partial charge on any atom is 0.0732 e. The number of thioether (sulfide) groups is 1. The molecule has 1 aromatic carbocycles. The van der Waals surface area contributed by atoms with Crippen molar-refractivity contribution in [1.29, 1.82) is 0 Å². The number of hydrogen-bond donors (Lipinski definition) is 2. The van der Waals surface area contributed by atoms with E-state index in [0.29, 0.717) is 6.04 Å². The fourth-order valence-electron chi connectivity index (χ4n) is 2.19. The Morgan fingerprint density at radius 2 is 2.16 bits per heavy atom. The predicted octanol–water partition coefficient (Wildman–Crippen LogP) is 4.43. The molecule has 0 aliphatic carbocycles. The minimum Gasteiger partial charge on any atom is -0.350 e. The lowest BCUT2D eigenvalue weighted by atomic mass is 10.2. The zero-order valence-electron chi connectivity index (χ0n) is 11.9. The summed E-state index contributed by atoms with van der Waals surface area (Å²) in [4.78, 5) is 3.47. The number of para-hydroxylation sites is 1. The number of H-pyrrole nitrogens is 1. The minimum atomic E-state index is 0.642.